The van der Waals surface area contributed by atoms with Crippen LogP contribution in [0.2, 0.25) is 0 Å². The Morgan fingerprint density at radius 1 is 1.08 bits per heavy atom. The molecule has 0 unspecified atom stereocenters. The maximum Gasteiger partial charge on any atom is 0.282 e. The third kappa shape index (κ3) is 4.50. The van der Waals surface area contributed by atoms with E-state index in [1.807, 2.05) is 61.5 Å². The van der Waals surface area contributed by atoms with Crippen molar-refractivity contribution in [2.24, 2.45) is 5.10 Å². The van der Waals surface area contributed by atoms with Crippen LogP contribution in [0.3, 0.4) is 0 Å². The summed E-state index contributed by atoms with van der Waals surface area (Å²) in [5, 5.41) is 5.74. The van der Waals surface area contributed by atoms with Gasteiger partial charge < -0.3 is 18.8 Å². The number of terminal acetylenes is 1. The molecule has 2 aromatic heterocycles. The molecule has 37 heavy (non-hydrogen) atoms. The van der Waals surface area contributed by atoms with Crippen LogP contribution in [0, 0.1) is 12.3 Å². The molecule has 0 fully saturated rings. The van der Waals surface area contributed by atoms with Crippen molar-refractivity contribution < 1.29 is 13.9 Å². The Balaban J connectivity index is 1.69. The van der Waals surface area contributed by atoms with Gasteiger partial charge in [-0.2, -0.15) is 9.78 Å². The van der Waals surface area contributed by atoms with E-state index in [0.29, 0.717) is 39.3 Å². The van der Waals surface area contributed by atoms with Crippen LogP contribution in [0.25, 0.3) is 33.5 Å². The first kappa shape index (κ1) is 23.7. The van der Waals surface area contributed by atoms with Gasteiger partial charge in [0.2, 0.25) is 5.82 Å². The maximum absolute atomic E-state index is 13.6. The van der Waals surface area contributed by atoms with E-state index in [0.717, 1.165) is 11.1 Å². The van der Waals surface area contributed by atoms with E-state index in [2.05, 4.69) is 11.0 Å². The molecule has 0 saturated carbocycles. The molecule has 0 N–H and O–H groups in total. The summed E-state index contributed by atoms with van der Waals surface area (Å²) < 4.78 is 18.5. The van der Waals surface area contributed by atoms with Crippen LogP contribution < -0.4 is 19.9 Å². The highest BCUT2D eigenvalue weighted by atomic mass is 16.5. The number of fused-ring (bicyclic) bond motifs is 2. The minimum atomic E-state index is -0.333. The molecule has 0 amide bonds. The number of anilines is 1. The number of hydrogen-bond acceptors (Lipinski definition) is 7. The number of rotatable bonds is 7. The number of nitrogens with zero attached hydrogens (tertiary/aromatic N) is 4. The van der Waals surface area contributed by atoms with Gasteiger partial charge in [-0.1, -0.05) is 24.1 Å². The van der Waals surface area contributed by atoms with E-state index < -0.39 is 0 Å². The van der Waals surface area contributed by atoms with E-state index in [-0.39, 0.29) is 18.0 Å². The summed E-state index contributed by atoms with van der Waals surface area (Å²) >= 11 is 0. The second-order valence-electron chi connectivity index (χ2n) is 8.41. The molecule has 0 bridgehead atoms. The Kier molecular flexibility index (Phi) is 6.35. The van der Waals surface area contributed by atoms with Crippen LogP contribution in [0.1, 0.15) is 5.56 Å². The van der Waals surface area contributed by atoms with Gasteiger partial charge in [0.25, 0.3) is 5.56 Å². The Morgan fingerprint density at radius 3 is 2.70 bits per heavy atom. The first-order chi connectivity index (χ1) is 18.0. The van der Waals surface area contributed by atoms with Crippen LogP contribution in [0.15, 0.2) is 81.0 Å². The number of para-hydroxylation sites is 1. The van der Waals surface area contributed by atoms with Crippen molar-refractivity contribution in [1.29, 1.82) is 0 Å². The van der Waals surface area contributed by atoms with Crippen molar-refractivity contribution in [2.75, 3.05) is 32.7 Å². The molecule has 0 spiro atoms. The third-order valence-corrected chi connectivity index (χ3v) is 5.85. The molecule has 0 aliphatic heterocycles. The van der Waals surface area contributed by atoms with E-state index in [4.69, 9.17) is 25.3 Å². The summed E-state index contributed by atoms with van der Waals surface area (Å²) in [5.74, 6) is 4.32. The van der Waals surface area contributed by atoms with Gasteiger partial charge in [-0.25, -0.2) is 4.98 Å². The second kappa shape index (κ2) is 9.91. The molecule has 2 heterocycles. The van der Waals surface area contributed by atoms with E-state index >= 15 is 0 Å². The zero-order valence-corrected chi connectivity index (χ0v) is 20.6. The van der Waals surface area contributed by atoms with Gasteiger partial charge in [-0.15, -0.1) is 6.42 Å². The lowest BCUT2D eigenvalue weighted by molar-refractivity contribution is 0.370. The van der Waals surface area contributed by atoms with Gasteiger partial charge in [0.15, 0.2) is 5.76 Å². The smallest absolute Gasteiger partial charge is 0.282 e. The first-order valence-electron chi connectivity index (χ1n) is 11.5. The minimum absolute atomic E-state index is 0.0985. The number of aromatic nitrogens is 2. The average molecular weight is 493 g/mol. The molecule has 0 atom stereocenters. The fourth-order valence-corrected chi connectivity index (χ4v) is 3.98. The van der Waals surface area contributed by atoms with Crippen molar-refractivity contribution in [2.45, 2.75) is 0 Å². The molecule has 8 nitrogen and oxygen atoms in total. The number of furan rings is 1. The molecule has 184 valence electrons. The highest BCUT2D eigenvalue weighted by Crippen LogP contribution is 2.33. The van der Waals surface area contributed by atoms with Gasteiger partial charge in [-0.05, 0) is 42.5 Å². The lowest BCUT2D eigenvalue weighted by Crippen LogP contribution is -2.20. The van der Waals surface area contributed by atoms with Crippen LogP contribution in [-0.4, -0.2) is 43.7 Å². The molecular weight excluding hydrogens is 468 g/mol. The SMILES string of the molecule is C#CCOc1cc(N(C)C)ccc1C=Nn1c(-c2cc3c(OC)cccc3o2)nc2ccccc2c1=O. The summed E-state index contributed by atoms with van der Waals surface area (Å²) in [6, 6.07) is 20.1. The largest absolute Gasteiger partial charge is 0.496 e. The molecule has 8 heteroatoms. The van der Waals surface area contributed by atoms with Gasteiger partial charge in [0.05, 0.1) is 29.6 Å². The number of methoxy groups -OCH3 is 1. The number of benzene rings is 3. The normalized spacial score (nSPS) is 11.2. The standard InChI is InChI=1S/C29H24N4O4/c1-5-15-36-26-16-20(32(2)3)14-13-19(26)18-30-33-28(31-23-10-7-6-9-21(23)29(33)34)27-17-22-24(35-4)11-8-12-25(22)37-27/h1,6-14,16-18H,15H2,2-4H3. The summed E-state index contributed by atoms with van der Waals surface area (Å²) in [5.41, 5.74) is 2.40. The zero-order valence-electron chi connectivity index (χ0n) is 20.6. The Morgan fingerprint density at radius 2 is 1.92 bits per heavy atom. The lowest BCUT2D eigenvalue weighted by Gasteiger charge is -2.15. The van der Waals surface area contributed by atoms with Gasteiger partial charge in [-0.3, -0.25) is 4.79 Å². The van der Waals surface area contributed by atoms with Crippen molar-refractivity contribution in [3.63, 3.8) is 0 Å². The van der Waals surface area contributed by atoms with Crippen molar-refractivity contribution in [3.8, 4) is 35.4 Å². The fraction of sp³-hybridized carbons (Fsp3) is 0.138. The maximum atomic E-state index is 13.6. The van der Waals surface area contributed by atoms with Gasteiger partial charge in [0, 0.05) is 31.4 Å². The highest BCUT2D eigenvalue weighted by molar-refractivity contribution is 5.89. The first-order valence-corrected chi connectivity index (χ1v) is 11.5. The van der Waals surface area contributed by atoms with E-state index in [9.17, 15) is 4.79 Å². The molecule has 5 aromatic rings. The quantitative estimate of drug-likeness (QED) is 0.240. The fourth-order valence-electron chi connectivity index (χ4n) is 3.98. The number of ether oxygens (including phenoxy) is 2. The highest BCUT2D eigenvalue weighted by Gasteiger charge is 2.18. The topological polar surface area (TPSA) is 82.1 Å². The summed E-state index contributed by atoms with van der Waals surface area (Å²) in [6.45, 7) is 0.0985. The molecule has 5 rings (SSSR count). The Bertz CT molecular complexity index is 1740. The Labute approximate surface area is 213 Å². The van der Waals surface area contributed by atoms with Crippen molar-refractivity contribution in [3.05, 3.63) is 82.6 Å². The Hall–Kier alpha value is -5.03. The summed E-state index contributed by atoms with van der Waals surface area (Å²) in [7, 11) is 5.46. The lowest BCUT2D eigenvalue weighted by atomic mass is 10.2. The van der Waals surface area contributed by atoms with Crippen molar-refractivity contribution in [1.82, 2.24) is 9.66 Å². The van der Waals surface area contributed by atoms with Crippen LogP contribution in [-0.2, 0) is 0 Å². The molecule has 0 aliphatic rings. The predicted octanol–water partition coefficient (Wildman–Crippen LogP) is 4.78. The minimum Gasteiger partial charge on any atom is -0.496 e. The van der Waals surface area contributed by atoms with E-state index in [1.165, 1.54) is 4.68 Å². The zero-order chi connectivity index (χ0) is 25.9. The monoisotopic (exact) mass is 492 g/mol. The predicted molar refractivity (Wildman–Crippen MR) is 146 cm³/mol. The van der Waals surface area contributed by atoms with Crippen LogP contribution in [0.4, 0.5) is 5.69 Å². The van der Waals surface area contributed by atoms with Gasteiger partial charge in [0.1, 0.15) is 23.7 Å². The molecular formula is C29H24N4O4. The number of hydrogen-bond donors (Lipinski definition) is 0. The van der Waals surface area contributed by atoms with E-state index in [1.54, 1.807) is 37.6 Å². The molecule has 0 saturated heterocycles. The van der Waals surface area contributed by atoms with Crippen molar-refractivity contribution >= 4 is 33.8 Å². The third-order valence-electron chi connectivity index (χ3n) is 5.85. The van der Waals surface area contributed by atoms with Gasteiger partial charge >= 0.3 is 0 Å². The van der Waals surface area contributed by atoms with Crippen LogP contribution in [0.5, 0.6) is 11.5 Å². The second-order valence-corrected chi connectivity index (χ2v) is 8.41. The summed E-state index contributed by atoms with van der Waals surface area (Å²) in [4.78, 5) is 20.2. The average Bonchev–Trinajstić information content (AvgIpc) is 3.36. The van der Waals surface area contributed by atoms with Crippen LogP contribution >= 0.6 is 0 Å². The molecule has 3 aromatic carbocycles. The molecule has 0 radical (unpaired) electrons. The molecule has 0 aliphatic carbocycles. The summed E-state index contributed by atoms with van der Waals surface area (Å²) in [6.07, 6.45) is 6.96.